The fraction of sp³-hybridized carbons (Fsp3) is 0.318. The van der Waals surface area contributed by atoms with Gasteiger partial charge in [-0.25, -0.2) is 0 Å². The molecule has 0 spiro atoms. The number of H-pyrrole nitrogens is 1. The molecule has 0 fully saturated rings. The van der Waals surface area contributed by atoms with Crippen molar-refractivity contribution in [2.75, 3.05) is 13.1 Å². The van der Waals surface area contributed by atoms with Gasteiger partial charge < -0.3 is 15.6 Å². The minimum absolute atomic E-state index is 0.0893. The maximum Gasteiger partial charge on any atom is 0.275 e. The van der Waals surface area contributed by atoms with E-state index in [1.807, 2.05) is 24.4 Å². The Morgan fingerprint density at radius 3 is 2.58 bits per heavy atom. The van der Waals surface area contributed by atoms with Gasteiger partial charge in [0.15, 0.2) is 6.54 Å². The molecule has 0 radical (unpaired) electrons. The Morgan fingerprint density at radius 1 is 1.08 bits per heavy atom. The molecule has 0 bridgehead atoms. The van der Waals surface area contributed by atoms with Gasteiger partial charge in [-0.3, -0.25) is 4.79 Å². The summed E-state index contributed by atoms with van der Waals surface area (Å²) >= 11 is 0. The second-order valence-electron chi connectivity index (χ2n) is 7.08. The van der Waals surface area contributed by atoms with Crippen LogP contribution < -0.4 is 10.6 Å². The lowest BCUT2D eigenvalue weighted by atomic mass is 9.96. The Hall–Kier alpha value is -2.59. The molecule has 2 aromatic carbocycles. The number of para-hydroxylation sites is 1. The first kappa shape index (κ1) is 18.2. The molecule has 1 atom stereocenters. The second-order valence-corrected chi connectivity index (χ2v) is 7.08. The van der Waals surface area contributed by atoms with Crippen LogP contribution in [-0.2, 0) is 11.2 Å². The molecule has 0 saturated carbocycles. The zero-order valence-electron chi connectivity index (χ0n) is 15.5. The maximum absolute atomic E-state index is 12.2. The van der Waals surface area contributed by atoms with Gasteiger partial charge in [0.25, 0.3) is 5.91 Å². The second kappa shape index (κ2) is 8.68. The van der Waals surface area contributed by atoms with Crippen LogP contribution in [0.1, 0.15) is 31.0 Å². The van der Waals surface area contributed by atoms with Crippen LogP contribution in [0.2, 0.25) is 0 Å². The molecular weight excluding hydrogens is 322 g/mol. The molecule has 4 N–H and O–H groups in total. The van der Waals surface area contributed by atoms with Crippen molar-refractivity contribution in [2.45, 2.75) is 26.3 Å². The predicted molar refractivity (Wildman–Crippen MR) is 106 cm³/mol. The molecule has 1 amide bonds. The highest BCUT2D eigenvalue weighted by molar-refractivity contribution is 5.83. The summed E-state index contributed by atoms with van der Waals surface area (Å²) in [4.78, 5) is 15.5. The van der Waals surface area contributed by atoms with Crippen LogP contribution >= 0.6 is 0 Å². The molecule has 0 unspecified atom stereocenters. The van der Waals surface area contributed by atoms with Gasteiger partial charge in [-0.05, 0) is 18.1 Å². The van der Waals surface area contributed by atoms with Gasteiger partial charge in [-0.2, -0.15) is 0 Å². The number of fused-ring (bicyclic) bond motifs is 1. The molecule has 0 aliphatic carbocycles. The standard InChI is InChI=1S/C22H27N3O/c1-16(2)22(17-8-4-3-5-9-17)25-15-21(26)23-13-12-18-14-24-20-11-7-6-10-19(18)20/h3-11,14,16,22,24-25H,12-13,15H2,1-2H3,(H,23,26)/p+1/t22-/m0/s1. The molecular formula is C22H28N3O+. The summed E-state index contributed by atoms with van der Waals surface area (Å²) in [5.74, 6) is 0.558. The van der Waals surface area contributed by atoms with Crippen molar-refractivity contribution in [1.82, 2.24) is 10.3 Å². The van der Waals surface area contributed by atoms with Crippen LogP contribution in [0.5, 0.6) is 0 Å². The number of nitrogens with two attached hydrogens (primary N) is 1. The number of amides is 1. The molecule has 26 heavy (non-hydrogen) atoms. The Balaban J connectivity index is 1.48. The largest absolute Gasteiger partial charge is 0.361 e. The Bertz CT molecular complexity index is 839. The number of aromatic nitrogens is 1. The Kier molecular flexibility index (Phi) is 6.08. The van der Waals surface area contributed by atoms with E-state index >= 15 is 0 Å². The Morgan fingerprint density at radius 2 is 1.81 bits per heavy atom. The van der Waals surface area contributed by atoms with Crippen molar-refractivity contribution in [3.63, 3.8) is 0 Å². The summed E-state index contributed by atoms with van der Waals surface area (Å²) in [5, 5.41) is 6.42. The predicted octanol–water partition coefficient (Wildman–Crippen LogP) is 2.79. The van der Waals surface area contributed by atoms with E-state index < -0.39 is 0 Å². The van der Waals surface area contributed by atoms with E-state index in [-0.39, 0.29) is 5.91 Å². The molecule has 0 aliphatic rings. The van der Waals surface area contributed by atoms with Gasteiger partial charge in [0.2, 0.25) is 0 Å². The van der Waals surface area contributed by atoms with Gasteiger partial charge >= 0.3 is 0 Å². The first-order chi connectivity index (χ1) is 12.6. The third-order valence-electron chi connectivity index (χ3n) is 4.85. The van der Waals surface area contributed by atoms with Crippen molar-refractivity contribution in [2.24, 2.45) is 5.92 Å². The molecule has 4 heteroatoms. The van der Waals surface area contributed by atoms with Gasteiger partial charge in [-0.1, -0.05) is 62.4 Å². The number of hydrogen-bond donors (Lipinski definition) is 3. The summed E-state index contributed by atoms with van der Waals surface area (Å²) in [6.07, 6.45) is 2.87. The zero-order chi connectivity index (χ0) is 18.4. The fourth-order valence-electron chi connectivity index (χ4n) is 3.45. The summed E-state index contributed by atoms with van der Waals surface area (Å²) in [6.45, 7) is 5.50. The van der Waals surface area contributed by atoms with Crippen molar-refractivity contribution >= 4 is 16.8 Å². The van der Waals surface area contributed by atoms with E-state index in [0.717, 1.165) is 11.9 Å². The average Bonchev–Trinajstić information content (AvgIpc) is 3.06. The van der Waals surface area contributed by atoms with Crippen LogP contribution in [0.25, 0.3) is 10.9 Å². The van der Waals surface area contributed by atoms with E-state index in [0.29, 0.717) is 25.0 Å². The van der Waals surface area contributed by atoms with Crippen molar-refractivity contribution in [3.05, 3.63) is 71.9 Å². The zero-order valence-corrected chi connectivity index (χ0v) is 15.5. The van der Waals surface area contributed by atoms with Gasteiger partial charge in [0, 0.05) is 35.1 Å². The maximum atomic E-state index is 12.2. The van der Waals surface area contributed by atoms with E-state index in [1.165, 1.54) is 16.5 Å². The highest BCUT2D eigenvalue weighted by Crippen LogP contribution is 2.18. The number of carbonyl (C=O) groups excluding carboxylic acids is 1. The van der Waals surface area contributed by atoms with Crippen LogP contribution in [0.15, 0.2) is 60.8 Å². The summed E-state index contributed by atoms with van der Waals surface area (Å²) in [5.41, 5.74) is 3.66. The van der Waals surface area contributed by atoms with Crippen LogP contribution in [0.4, 0.5) is 0 Å². The first-order valence-corrected chi connectivity index (χ1v) is 9.35. The lowest BCUT2D eigenvalue weighted by Gasteiger charge is -2.19. The number of rotatable bonds is 8. The molecule has 0 aliphatic heterocycles. The normalized spacial score (nSPS) is 12.4. The third-order valence-corrected chi connectivity index (χ3v) is 4.85. The van der Waals surface area contributed by atoms with Gasteiger partial charge in [-0.15, -0.1) is 0 Å². The molecule has 1 heterocycles. The van der Waals surface area contributed by atoms with Crippen LogP contribution in [-0.4, -0.2) is 24.0 Å². The molecule has 3 rings (SSSR count). The highest BCUT2D eigenvalue weighted by Gasteiger charge is 2.20. The van der Waals surface area contributed by atoms with E-state index in [1.54, 1.807) is 0 Å². The summed E-state index contributed by atoms with van der Waals surface area (Å²) in [6, 6.07) is 19.0. The summed E-state index contributed by atoms with van der Waals surface area (Å²) in [7, 11) is 0. The third kappa shape index (κ3) is 4.52. The molecule has 136 valence electrons. The lowest BCUT2D eigenvalue weighted by Crippen LogP contribution is -2.88. The number of carbonyl (C=O) groups is 1. The van der Waals surface area contributed by atoms with E-state index in [2.05, 4.69) is 65.9 Å². The van der Waals surface area contributed by atoms with Gasteiger partial charge in [0.05, 0.1) is 0 Å². The smallest absolute Gasteiger partial charge is 0.275 e. The fourth-order valence-corrected chi connectivity index (χ4v) is 3.45. The van der Waals surface area contributed by atoms with E-state index in [4.69, 9.17) is 0 Å². The Labute approximate surface area is 155 Å². The minimum atomic E-state index is 0.0893. The van der Waals surface area contributed by atoms with Crippen molar-refractivity contribution in [1.29, 1.82) is 0 Å². The molecule has 3 aromatic rings. The molecule has 1 aromatic heterocycles. The van der Waals surface area contributed by atoms with Gasteiger partial charge in [0.1, 0.15) is 6.04 Å². The van der Waals surface area contributed by atoms with E-state index in [9.17, 15) is 4.79 Å². The SMILES string of the molecule is CC(C)[C@H]([NH2+]CC(=O)NCCc1c[nH]c2ccccc12)c1ccccc1. The minimum Gasteiger partial charge on any atom is -0.361 e. The van der Waals surface area contributed by atoms with Crippen LogP contribution in [0.3, 0.4) is 0 Å². The quantitative estimate of drug-likeness (QED) is 0.575. The number of aromatic amines is 1. The summed E-state index contributed by atoms with van der Waals surface area (Å²) < 4.78 is 0. The molecule has 4 nitrogen and oxygen atoms in total. The number of nitrogens with one attached hydrogen (secondary N) is 2. The average molecular weight is 350 g/mol. The topological polar surface area (TPSA) is 61.5 Å². The van der Waals surface area contributed by atoms with Crippen LogP contribution in [0, 0.1) is 5.92 Å². The first-order valence-electron chi connectivity index (χ1n) is 9.35. The number of benzene rings is 2. The lowest BCUT2D eigenvalue weighted by molar-refractivity contribution is -0.692. The van der Waals surface area contributed by atoms with Crippen molar-refractivity contribution < 1.29 is 10.1 Å². The molecule has 0 saturated heterocycles. The monoisotopic (exact) mass is 350 g/mol. The number of quaternary nitrogens is 1. The number of hydrogen-bond acceptors (Lipinski definition) is 1. The highest BCUT2D eigenvalue weighted by atomic mass is 16.1. The van der Waals surface area contributed by atoms with Crippen molar-refractivity contribution in [3.8, 4) is 0 Å².